The first-order valence-electron chi connectivity index (χ1n) is 13.1. The molecule has 0 spiro atoms. The fourth-order valence-electron chi connectivity index (χ4n) is 4.69. The maximum absolute atomic E-state index is 15.5. The van der Waals surface area contributed by atoms with Crippen molar-refractivity contribution in [2.24, 2.45) is 0 Å². The molecule has 216 valence electrons. The number of fused-ring (bicyclic) bond motifs is 1. The molecule has 0 saturated carbocycles. The van der Waals surface area contributed by atoms with Crippen LogP contribution in [0.2, 0.25) is 0 Å². The van der Waals surface area contributed by atoms with Gasteiger partial charge in [0.2, 0.25) is 5.88 Å². The number of benzene rings is 3. The first kappa shape index (κ1) is 28.0. The lowest BCUT2D eigenvalue weighted by atomic mass is 10.0. The lowest BCUT2D eigenvalue weighted by Gasteiger charge is -2.12. The summed E-state index contributed by atoms with van der Waals surface area (Å²) in [6.45, 7) is 1.98. The molecule has 6 aromatic rings. The second kappa shape index (κ2) is 11.6. The highest BCUT2D eigenvalue weighted by molar-refractivity contribution is 7.05. The minimum absolute atomic E-state index is 0.0564. The molecule has 0 saturated heterocycles. The van der Waals surface area contributed by atoms with Crippen LogP contribution in [0.3, 0.4) is 0 Å². The number of carbonyl (C=O) groups is 1. The second-order valence-corrected chi connectivity index (χ2v) is 10.7. The molecule has 3 aromatic heterocycles. The summed E-state index contributed by atoms with van der Waals surface area (Å²) in [5, 5.41) is 13.3. The van der Waals surface area contributed by atoms with E-state index in [1.807, 2.05) is 0 Å². The number of hydrogen-bond donors (Lipinski definition) is 1. The normalized spacial score (nSPS) is 11.3. The zero-order chi connectivity index (χ0) is 30.1. The van der Waals surface area contributed by atoms with Crippen LogP contribution in [0.5, 0.6) is 5.88 Å². The Labute approximate surface area is 247 Å². The summed E-state index contributed by atoms with van der Waals surface area (Å²) < 4.78 is 56.4. The molecule has 0 unspecified atom stereocenters. The number of ether oxygens (including phenoxy) is 1. The van der Waals surface area contributed by atoms with E-state index in [-0.39, 0.29) is 47.8 Å². The molecule has 8 nitrogen and oxygen atoms in total. The number of aryl methyl sites for hydroxylation is 1. The Kier molecular flexibility index (Phi) is 7.59. The van der Waals surface area contributed by atoms with Crippen molar-refractivity contribution in [1.29, 1.82) is 0 Å². The van der Waals surface area contributed by atoms with Gasteiger partial charge in [-0.1, -0.05) is 22.7 Å². The molecule has 12 heteroatoms. The maximum atomic E-state index is 15.5. The third-order valence-corrected chi connectivity index (χ3v) is 7.51. The van der Waals surface area contributed by atoms with Crippen LogP contribution in [-0.2, 0) is 19.6 Å². The molecule has 0 radical (unpaired) electrons. The van der Waals surface area contributed by atoms with E-state index in [0.29, 0.717) is 22.4 Å². The zero-order valence-electron chi connectivity index (χ0n) is 22.6. The molecular formula is C31H22F3N5O3S. The standard InChI is InChI=1S/C31H22F3N5O3S/c1-17-5-6-19(23(32)9-17)16-42-30-4-2-3-26(37-30)22-13-24(33)20(10-25(22)34)12-29-36-27-8-7-18(31(40)41)11-28(27)39(29)15-21-14-35-38-43-21/h2-11,13-14H,12,15-16H2,1H3,(H,40,41). The van der Waals surface area contributed by atoms with Crippen LogP contribution in [0.25, 0.3) is 22.3 Å². The van der Waals surface area contributed by atoms with Gasteiger partial charge in [0, 0.05) is 23.6 Å². The highest BCUT2D eigenvalue weighted by Gasteiger charge is 2.19. The van der Waals surface area contributed by atoms with E-state index >= 15 is 8.78 Å². The topological polar surface area (TPSA) is 103 Å². The molecular weight excluding hydrogens is 579 g/mol. The lowest BCUT2D eigenvalue weighted by Crippen LogP contribution is -2.07. The second-order valence-electron chi connectivity index (χ2n) is 9.85. The molecule has 43 heavy (non-hydrogen) atoms. The predicted octanol–water partition coefficient (Wildman–Crippen LogP) is 6.59. The number of halogens is 3. The van der Waals surface area contributed by atoms with Crippen LogP contribution in [0, 0.1) is 24.4 Å². The van der Waals surface area contributed by atoms with Crippen molar-refractivity contribution in [1.82, 2.24) is 24.1 Å². The van der Waals surface area contributed by atoms with Crippen LogP contribution in [-0.4, -0.2) is 35.2 Å². The zero-order valence-corrected chi connectivity index (χ0v) is 23.4. The summed E-state index contributed by atoms with van der Waals surface area (Å²) in [6, 6.07) is 16.2. The van der Waals surface area contributed by atoms with Gasteiger partial charge in [0.25, 0.3) is 0 Å². The Morgan fingerprint density at radius 2 is 1.79 bits per heavy atom. The van der Waals surface area contributed by atoms with Crippen LogP contribution in [0.4, 0.5) is 13.2 Å². The Morgan fingerprint density at radius 1 is 0.953 bits per heavy atom. The Hall–Kier alpha value is -5.10. The van der Waals surface area contributed by atoms with Crippen LogP contribution in [0.15, 0.2) is 72.9 Å². The number of hydrogen-bond acceptors (Lipinski definition) is 7. The third kappa shape index (κ3) is 5.95. The van der Waals surface area contributed by atoms with Gasteiger partial charge in [0.1, 0.15) is 29.9 Å². The van der Waals surface area contributed by atoms with Gasteiger partial charge < -0.3 is 14.4 Å². The average molecular weight is 602 g/mol. The molecule has 0 atom stereocenters. The van der Waals surface area contributed by atoms with Crippen molar-refractivity contribution in [3.8, 4) is 17.1 Å². The minimum atomic E-state index is -1.09. The number of rotatable bonds is 9. The summed E-state index contributed by atoms with van der Waals surface area (Å²) >= 11 is 1.17. The summed E-state index contributed by atoms with van der Waals surface area (Å²) in [5.41, 5.74) is 2.39. The molecule has 6 rings (SSSR count). The van der Waals surface area contributed by atoms with Gasteiger partial charge in [-0.2, -0.15) is 0 Å². The van der Waals surface area contributed by atoms with E-state index in [0.717, 1.165) is 22.6 Å². The lowest BCUT2D eigenvalue weighted by molar-refractivity contribution is 0.0697. The summed E-state index contributed by atoms with van der Waals surface area (Å²) in [5.74, 6) is -2.32. The van der Waals surface area contributed by atoms with Gasteiger partial charge in [-0.05, 0) is 72.0 Å². The maximum Gasteiger partial charge on any atom is 0.335 e. The molecule has 0 fully saturated rings. The van der Waals surface area contributed by atoms with E-state index < -0.39 is 23.4 Å². The molecule has 0 aliphatic carbocycles. The Balaban J connectivity index is 1.29. The van der Waals surface area contributed by atoms with E-state index in [2.05, 4.69) is 19.6 Å². The van der Waals surface area contributed by atoms with Crippen molar-refractivity contribution in [3.63, 3.8) is 0 Å². The highest BCUT2D eigenvalue weighted by Crippen LogP contribution is 2.29. The van der Waals surface area contributed by atoms with E-state index in [9.17, 15) is 14.3 Å². The van der Waals surface area contributed by atoms with Crippen molar-refractivity contribution in [2.45, 2.75) is 26.5 Å². The van der Waals surface area contributed by atoms with E-state index in [1.54, 1.807) is 48.0 Å². The first-order valence-corrected chi connectivity index (χ1v) is 13.8. The monoisotopic (exact) mass is 601 g/mol. The molecule has 0 aliphatic rings. The Bertz CT molecular complexity index is 1980. The first-order chi connectivity index (χ1) is 20.7. The molecule has 3 aromatic carbocycles. The summed E-state index contributed by atoms with van der Waals surface area (Å²) in [7, 11) is 0. The number of aromatic carboxylic acids is 1. The molecule has 0 aliphatic heterocycles. The summed E-state index contributed by atoms with van der Waals surface area (Å²) in [6.07, 6.45) is 1.52. The number of aromatic nitrogens is 5. The van der Waals surface area contributed by atoms with E-state index in [4.69, 9.17) is 4.74 Å². The van der Waals surface area contributed by atoms with Crippen LogP contribution < -0.4 is 4.74 Å². The van der Waals surface area contributed by atoms with Gasteiger partial charge in [0.05, 0.1) is 39.9 Å². The summed E-state index contributed by atoms with van der Waals surface area (Å²) in [4.78, 5) is 21.3. The fraction of sp³-hybridized carbons (Fsp3) is 0.129. The van der Waals surface area contributed by atoms with Crippen molar-refractivity contribution in [2.75, 3.05) is 0 Å². The minimum Gasteiger partial charge on any atom is -0.478 e. The quantitative estimate of drug-likeness (QED) is 0.199. The fourth-order valence-corrected chi connectivity index (χ4v) is 5.17. The third-order valence-electron chi connectivity index (χ3n) is 6.86. The number of carboxylic acids is 1. The van der Waals surface area contributed by atoms with Crippen molar-refractivity contribution >= 4 is 28.5 Å². The van der Waals surface area contributed by atoms with Gasteiger partial charge in [-0.25, -0.2) is 27.9 Å². The van der Waals surface area contributed by atoms with Crippen molar-refractivity contribution < 1.29 is 27.8 Å². The highest BCUT2D eigenvalue weighted by atomic mass is 32.1. The van der Waals surface area contributed by atoms with E-state index in [1.165, 1.54) is 35.8 Å². The number of pyridine rings is 1. The molecule has 3 heterocycles. The molecule has 1 N–H and O–H groups in total. The number of imidazole rings is 1. The van der Waals surface area contributed by atoms with Crippen LogP contribution in [0.1, 0.15) is 37.7 Å². The average Bonchev–Trinajstić information content (AvgIpc) is 3.62. The predicted molar refractivity (Wildman–Crippen MR) is 154 cm³/mol. The smallest absolute Gasteiger partial charge is 0.335 e. The van der Waals surface area contributed by atoms with Crippen LogP contribution >= 0.6 is 11.5 Å². The number of nitrogens with zero attached hydrogens (tertiary/aromatic N) is 5. The van der Waals surface area contributed by atoms with Gasteiger partial charge in [0.15, 0.2) is 0 Å². The molecule has 0 bridgehead atoms. The molecule has 0 amide bonds. The van der Waals surface area contributed by atoms with Crippen molar-refractivity contribution in [3.05, 3.63) is 123 Å². The van der Waals surface area contributed by atoms with Gasteiger partial charge in [-0.3, -0.25) is 0 Å². The SMILES string of the molecule is Cc1ccc(COc2cccc(-c3cc(F)c(Cc4nc5ccc(C(=O)O)cc5n4Cc4cnns4)cc3F)n2)c(F)c1. The Morgan fingerprint density at radius 3 is 2.56 bits per heavy atom. The number of carboxylic acid groups (broad SMARTS) is 1. The van der Waals surface area contributed by atoms with Gasteiger partial charge >= 0.3 is 5.97 Å². The largest absolute Gasteiger partial charge is 0.478 e. The van der Waals surface area contributed by atoms with Gasteiger partial charge in [-0.15, -0.1) is 5.10 Å².